The third-order valence-electron chi connectivity index (χ3n) is 2.13. The second-order valence-corrected chi connectivity index (χ2v) is 4.52. The number of ketones is 1. The van der Waals surface area contributed by atoms with Crippen LogP contribution in [0.3, 0.4) is 0 Å². The molecule has 5 heteroatoms. The number of allylic oxidation sites excluding steroid dienone is 1. The molecule has 0 aliphatic carbocycles. The van der Waals surface area contributed by atoms with Gasteiger partial charge in [-0.25, -0.2) is 0 Å². The average molecular weight is 235 g/mol. The van der Waals surface area contributed by atoms with Gasteiger partial charge in [-0.1, -0.05) is 17.8 Å². The predicted octanol–water partition coefficient (Wildman–Crippen LogP) is 2.12. The van der Waals surface area contributed by atoms with Crippen molar-refractivity contribution in [3.63, 3.8) is 0 Å². The van der Waals surface area contributed by atoms with Crippen molar-refractivity contribution in [3.8, 4) is 11.5 Å². The molecule has 1 aliphatic heterocycles. The van der Waals surface area contributed by atoms with Gasteiger partial charge in [-0.15, -0.1) is 0 Å². The number of rotatable bonds is 1. The quantitative estimate of drug-likeness (QED) is 0.514. The van der Waals surface area contributed by atoms with Crippen molar-refractivity contribution >= 4 is 28.7 Å². The highest BCUT2D eigenvalue weighted by Crippen LogP contribution is 2.32. The molecule has 0 unspecified atom stereocenters. The normalized spacial score (nSPS) is 18.4. The van der Waals surface area contributed by atoms with Gasteiger partial charge >= 0.3 is 0 Å². The number of hydrogen-bond donors (Lipinski definition) is 3. The Morgan fingerprint density at radius 1 is 1.31 bits per heavy atom. The number of carbonyl (C=O) groups excluding carboxylic acids is 1. The van der Waals surface area contributed by atoms with Crippen LogP contribution in [0.5, 0.6) is 11.5 Å². The number of Topliss-reactive ketones (excluding diaryl/α,β-unsaturated/α-hetero) is 1. The van der Waals surface area contributed by atoms with E-state index in [1.165, 1.54) is 12.1 Å². The molecule has 1 heterocycles. The molecule has 1 aromatic carbocycles. The van der Waals surface area contributed by atoms with Gasteiger partial charge in [-0.05, 0) is 23.8 Å². The van der Waals surface area contributed by atoms with E-state index >= 15 is 0 Å². The minimum absolute atomic E-state index is 0.0810. The summed E-state index contributed by atoms with van der Waals surface area (Å²) in [6, 6.07) is 4.33. The van der Waals surface area contributed by atoms with Gasteiger partial charge in [0.15, 0.2) is 17.3 Å². The predicted molar refractivity (Wildman–Crippen MR) is 62.7 cm³/mol. The number of aromatic hydroxyl groups is 2. The van der Waals surface area contributed by atoms with Crippen LogP contribution in [-0.4, -0.2) is 21.0 Å². The summed E-state index contributed by atoms with van der Waals surface area (Å²) < 4.78 is 0. The number of phenols is 2. The number of phenolic OH excluding ortho intramolecular Hbond substituents is 2. The second-order valence-electron chi connectivity index (χ2n) is 3.38. The standard InChI is InChI=1S/C11H9NO3S/c12-11-5-9(15)10(16-11)4-6-1-2-7(13)8(14)3-6/h1-4,12-14H,5H2/b10-4-,12-11?. The van der Waals surface area contributed by atoms with Crippen LogP contribution in [0, 0.1) is 5.41 Å². The Morgan fingerprint density at radius 2 is 2.06 bits per heavy atom. The van der Waals surface area contributed by atoms with Crippen LogP contribution < -0.4 is 0 Å². The van der Waals surface area contributed by atoms with E-state index in [9.17, 15) is 9.90 Å². The summed E-state index contributed by atoms with van der Waals surface area (Å²) >= 11 is 1.13. The molecule has 3 N–H and O–H groups in total. The fraction of sp³-hybridized carbons (Fsp3) is 0.0909. The van der Waals surface area contributed by atoms with Crippen molar-refractivity contribution in [1.82, 2.24) is 0 Å². The summed E-state index contributed by atoms with van der Waals surface area (Å²) in [6.07, 6.45) is 1.76. The lowest BCUT2D eigenvalue weighted by molar-refractivity contribution is -0.113. The molecule has 4 nitrogen and oxygen atoms in total. The van der Waals surface area contributed by atoms with Crippen molar-refractivity contribution in [2.24, 2.45) is 0 Å². The minimum Gasteiger partial charge on any atom is -0.504 e. The molecule has 0 aromatic heterocycles. The zero-order chi connectivity index (χ0) is 11.7. The molecule has 0 saturated carbocycles. The van der Waals surface area contributed by atoms with E-state index in [1.807, 2.05) is 0 Å². The van der Waals surface area contributed by atoms with E-state index in [0.29, 0.717) is 15.5 Å². The molecule has 0 radical (unpaired) electrons. The first-order valence-electron chi connectivity index (χ1n) is 4.58. The van der Waals surface area contributed by atoms with Crippen LogP contribution in [0.1, 0.15) is 12.0 Å². The van der Waals surface area contributed by atoms with Gasteiger partial charge in [0.05, 0.1) is 16.4 Å². The Labute approximate surface area is 96.1 Å². The maximum absolute atomic E-state index is 11.4. The van der Waals surface area contributed by atoms with E-state index in [1.54, 1.807) is 12.1 Å². The number of nitrogens with one attached hydrogen (secondary N) is 1. The Hall–Kier alpha value is -1.75. The zero-order valence-corrected chi connectivity index (χ0v) is 9.04. The number of carbonyl (C=O) groups is 1. The number of benzene rings is 1. The van der Waals surface area contributed by atoms with Crippen LogP contribution in [0.15, 0.2) is 23.1 Å². The molecule has 1 aromatic rings. The van der Waals surface area contributed by atoms with Crippen molar-refractivity contribution in [2.75, 3.05) is 0 Å². The zero-order valence-electron chi connectivity index (χ0n) is 8.23. The molecule has 2 rings (SSSR count). The van der Waals surface area contributed by atoms with Crippen molar-refractivity contribution in [1.29, 1.82) is 5.41 Å². The van der Waals surface area contributed by atoms with Crippen molar-refractivity contribution in [2.45, 2.75) is 6.42 Å². The third-order valence-corrected chi connectivity index (χ3v) is 3.08. The Morgan fingerprint density at radius 3 is 2.62 bits per heavy atom. The van der Waals surface area contributed by atoms with Gasteiger partial charge < -0.3 is 10.2 Å². The smallest absolute Gasteiger partial charge is 0.176 e. The van der Waals surface area contributed by atoms with E-state index in [0.717, 1.165) is 11.8 Å². The molecule has 82 valence electrons. The summed E-state index contributed by atoms with van der Waals surface area (Å²) in [6.45, 7) is 0. The highest BCUT2D eigenvalue weighted by molar-refractivity contribution is 8.18. The highest BCUT2D eigenvalue weighted by Gasteiger charge is 2.22. The van der Waals surface area contributed by atoms with Crippen LogP contribution in [0.2, 0.25) is 0 Å². The van der Waals surface area contributed by atoms with Gasteiger partial charge in [0.1, 0.15) is 0 Å². The van der Waals surface area contributed by atoms with Gasteiger partial charge in [0.25, 0.3) is 0 Å². The molecule has 0 bridgehead atoms. The molecule has 0 amide bonds. The van der Waals surface area contributed by atoms with Crippen molar-refractivity contribution in [3.05, 3.63) is 28.7 Å². The number of thioether (sulfide) groups is 1. The average Bonchev–Trinajstić information content (AvgIpc) is 2.51. The van der Waals surface area contributed by atoms with Crippen LogP contribution in [0.4, 0.5) is 0 Å². The molecule has 1 fully saturated rings. The summed E-state index contributed by atoms with van der Waals surface area (Å²) in [5, 5.41) is 26.1. The Kier molecular flexibility index (Phi) is 2.70. The number of hydrogen-bond acceptors (Lipinski definition) is 5. The fourth-order valence-corrected chi connectivity index (χ4v) is 2.20. The van der Waals surface area contributed by atoms with Crippen LogP contribution in [0.25, 0.3) is 6.08 Å². The first-order chi connectivity index (χ1) is 7.56. The van der Waals surface area contributed by atoms with Gasteiger partial charge in [0.2, 0.25) is 0 Å². The van der Waals surface area contributed by atoms with Gasteiger partial charge in [-0.2, -0.15) is 0 Å². The lowest BCUT2D eigenvalue weighted by Crippen LogP contribution is -1.91. The maximum atomic E-state index is 11.4. The maximum Gasteiger partial charge on any atom is 0.176 e. The molecule has 0 atom stereocenters. The molecular weight excluding hydrogens is 226 g/mol. The first kappa shape index (κ1) is 10.8. The summed E-state index contributed by atoms with van der Waals surface area (Å²) in [5.74, 6) is -0.497. The van der Waals surface area contributed by atoms with E-state index < -0.39 is 0 Å². The van der Waals surface area contributed by atoms with E-state index in [2.05, 4.69) is 0 Å². The third kappa shape index (κ3) is 2.09. The highest BCUT2D eigenvalue weighted by atomic mass is 32.2. The van der Waals surface area contributed by atoms with Gasteiger partial charge in [-0.3, -0.25) is 10.2 Å². The minimum atomic E-state index is -0.222. The molecule has 0 spiro atoms. The van der Waals surface area contributed by atoms with Gasteiger partial charge in [0, 0.05) is 0 Å². The van der Waals surface area contributed by atoms with E-state index in [-0.39, 0.29) is 23.7 Å². The van der Waals surface area contributed by atoms with Crippen LogP contribution in [-0.2, 0) is 4.79 Å². The lowest BCUT2D eigenvalue weighted by atomic mass is 10.1. The molecule has 16 heavy (non-hydrogen) atoms. The SMILES string of the molecule is N=C1CC(=O)/C(=C/c2ccc(O)c(O)c2)S1. The van der Waals surface area contributed by atoms with Crippen molar-refractivity contribution < 1.29 is 15.0 Å². The Bertz CT molecular complexity index is 508. The monoisotopic (exact) mass is 235 g/mol. The topological polar surface area (TPSA) is 81.4 Å². The van der Waals surface area contributed by atoms with E-state index in [4.69, 9.17) is 10.5 Å². The summed E-state index contributed by atoms with van der Waals surface area (Å²) in [4.78, 5) is 11.9. The fourth-order valence-electron chi connectivity index (χ4n) is 1.35. The first-order valence-corrected chi connectivity index (χ1v) is 5.40. The molecule has 1 aliphatic rings. The molecule has 1 saturated heterocycles. The van der Waals surface area contributed by atoms with Crippen LogP contribution >= 0.6 is 11.8 Å². The summed E-state index contributed by atoms with van der Waals surface area (Å²) in [7, 11) is 0. The Balaban J connectivity index is 2.32. The molecular formula is C11H9NO3S. The second kappa shape index (κ2) is 4.02. The largest absolute Gasteiger partial charge is 0.504 e. The lowest BCUT2D eigenvalue weighted by Gasteiger charge is -1.99. The summed E-state index contributed by atoms with van der Waals surface area (Å²) in [5.41, 5.74) is 0.626.